The van der Waals surface area contributed by atoms with Gasteiger partial charge in [0.25, 0.3) is 0 Å². The second-order valence-electron chi connectivity index (χ2n) is 6.76. The molecule has 0 bridgehead atoms. The highest BCUT2D eigenvalue weighted by atomic mass is 19.4. The molecular weight excluding hydrogens is 452 g/mol. The lowest BCUT2D eigenvalue weighted by atomic mass is 10.1. The van der Waals surface area contributed by atoms with E-state index in [0.29, 0.717) is 6.20 Å². The molecule has 0 radical (unpaired) electrons. The Morgan fingerprint density at radius 3 is 2.30 bits per heavy atom. The van der Waals surface area contributed by atoms with Crippen LogP contribution in [0.5, 0.6) is 5.88 Å². The first kappa shape index (κ1) is 22.2. The third-order valence-electron chi connectivity index (χ3n) is 4.57. The summed E-state index contributed by atoms with van der Waals surface area (Å²) < 4.78 is 83.6. The van der Waals surface area contributed by atoms with Gasteiger partial charge in [-0.3, -0.25) is 9.97 Å². The predicted molar refractivity (Wildman–Crippen MR) is 107 cm³/mol. The molecule has 0 atom stereocenters. The molecular formula is C21H13F6N5O. The number of nitrogens with zero attached hydrogens (tertiary/aromatic N) is 4. The molecule has 1 N–H and O–H groups in total. The molecule has 33 heavy (non-hydrogen) atoms. The SMILES string of the molecule is COc1cc(Nc2ccc(C(F)(F)F)cn2)c2ncc(-c3ncccc3C(F)(F)F)cc2n1. The summed E-state index contributed by atoms with van der Waals surface area (Å²) in [7, 11) is 1.34. The maximum Gasteiger partial charge on any atom is 0.418 e. The maximum absolute atomic E-state index is 13.4. The van der Waals surface area contributed by atoms with Crippen molar-refractivity contribution in [2.75, 3.05) is 12.4 Å². The van der Waals surface area contributed by atoms with Crippen molar-refractivity contribution in [2.45, 2.75) is 12.4 Å². The Labute approximate surface area is 182 Å². The average Bonchev–Trinajstić information content (AvgIpc) is 2.77. The Morgan fingerprint density at radius 1 is 0.879 bits per heavy atom. The monoisotopic (exact) mass is 465 g/mol. The number of aromatic nitrogens is 4. The van der Waals surface area contributed by atoms with Crippen molar-refractivity contribution in [3.05, 3.63) is 66.1 Å². The zero-order chi connectivity index (χ0) is 23.8. The van der Waals surface area contributed by atoms with Gasteiger partial charge in [-0.15, -0.1) is 0 Å². The van der Waals surface area contributed by atoms with Crippen molar-refractivity contribution >= 4 is 22.5 Å². The Kier molecular flexibility index (Phi) is 5.52. The number of ether oxygens (including phenoxy) is 1. The van der Waals surface area contributed by atoms with Gasteiger partial charge in [-0.1, -0.05) is 0 Å². The van der Waals surface area contributed by atoms with Gasteiger partial charge in [0.15, 0.2) is 0 Å². The molecule has 0 fully saturated rings. The Balaban J connectivity index is 1.77. The number of alkyl halides is 6. The third kappa shape index (κ3) is 4.64. The van der Waals surface area contributed by atoms with Crippen molar-refractivity contribution in [3.8, 4) is 17.1 Å². The highest BCUT2D eigenvalue weighted by Gasteiger charge is 2.34. The molecule has 0 aliphatic heterocycles. The van der Waals surface area contributed by atoms with Crippen LogP contribution in [0.25, 0.3) is 22.3 Å². The van der Waals surface area contributed by atoms with Crippen LogP contribution in [0.2, 0.25) is 0 Å². The van der Waals surface area contributed by atoms with E-state index in [1.54, 1.807) is 0 Å². The van der Waals surface area contributed by atoms with Gasteiger partial charge in [0.1, 0.15) is 11.3 Å². The molecule has 170 valence electrons. The molecule has 12 heteroatoms. The zero-order valence-corrected chi connectivity index (χ0v) is 16.7. The Bertz CT molecular complexity index is 1310. The molecule has 0 aromatic carbocycles. The molecule has 0 saturated carbocycles. The number of halogens is 6. The third-order valence-corrected chi connectivity index (χ3v) is 4.57. The van der Waals surface area contributed by atoms with Gasteiger partial charge in [-0.25, -0.2) is 9.97 Å². The minimum atomic E-state index is -4.62. The first-order valence-corrected chi connectivity index (χ1v) is 9.24. The van der Waals surface area contributed by atoms with Crippen molar-refractivity contribution < 1.29 is 31.1 Å². The van der Waals surface area contributed by atoms with E-state index in [2.05, 4.69) is 25.3 Å². The normalized spacial score (nSPS) is 12.1. The van der Waals surface area contributed by atoms with Crippen LogP contribution in [0.15, 0.2) is 55.0 Å². The second-order valence-corrected chi connectivity index (χ2v) is 6.76. The molecule has 4 aromatic rings. The summed E-state index contributed by atoms with van der Waals surface area (Å²) in [5, 5.41) is 2.84. The number of nitrogens with one attached hydrogen (secondary N) is 1. The minimum absolute atomic E-state index is 0.0785. The predicted octanol–water partition coefficient (Wildman–Crippen LogP) is 5.88. The van der Waals surface area contributed by atoms with Crippen molar-refractivity contribution in [1.82, 2.24) is 19.9 Å². The number of rotatable bonds is 4. The van der Waals surface area contributed by atoms with E-state index in [4.69, 9.17) is 4.74 Å². The van der Waals surface area contributed by atoms with E-state index in [0.717, 1.165) is 18.2 Å². The summed E-state index contributed by atoms with van der Waals surface area (Å²) in [4.78, 5) is 16.0. The highest BCUT2D eigenvalue weighted by molar-refractivity contribution is 5.92. The molecule has 0 amide bonds. The summed E-state index contributed by atoms with van der Waals surface area (Å²) in [5.41, 5.74) is -1.37. The zero-order valence-electron chi connectivity index (χ0n) is 16.7. The van der Waals surface area contributed by atoms with Crippen LogP contribution in [0.4, 0.5) is 37.8 Å². The summed E-state index contributed by atoms with van der Waals surface area (Å²) in [5.74, 6) is 0.195. The average molecular weight is 465 g/mol. The van der Waals surface area contributed by atoms with Crippen LogP contribution in [0, 0.1) is 0 Å². The summed E-state index contributed by atoms with van der Waals surface area (Å²) >= 11 is 0. The van der Waals surface area contributed by atoms with Crippen molar-refractivity contribution in [3.63, 3.8) is 0 Å². The molecule has 4 aromatic heterocycles. The fourth-order valence-electron chi connectivity index (χ4n) is 3.06. The molecule has 0 saturated heterocycles. The minimum Gasteiger partial charge on any atom is -0.481 e. The van der Waals surface area contributed by atoms with Crippen molar-refractivity contribution in [2.24, 2.45) is 0 Å². The number of anilines is 2. The molecule has 4 heterocycles. The Hall–Kier alpha value is -3.96. The summed E-state index contributed by atoms with van der Waals surface area (Å²) in [6.07, 6.45) is -6.04. The second kappa shape index (κ2) is 8.19. The smallest absolute Gasteiger partial charge is 0.418 e. The van der Waals surface area contributed by atoms with Crippen molar-refractivity contribution in [1.29, 1.82) is 0 Å². The topological polar surface area (TPSA) is 72.8 Å². The van der Waals surface area contributed by atoms with Gasteiger partial charge in [0.05, 0.1) is 35.1 Å². The maximum atomic E-state index is 13.4. The highest BCUT2D eigenvalue weighted by Crippen LogP contribution is 2.37. The Morgan fingerprint density at radius 2 is 1.67 bits per heavy atom. The van der Waals surface area contributed by atoms with Gasteiger partial charge in [0.2, 0.25) is 5.88 Å². The number of fused-ring (bicyclic) bond motifs is 1. The van der Waals surface area contributed by atoms with Gasteiger partial charge < -0.3 is 10.1 Å². The van der Waals surface area contributed by atoms with Gasteiger partial charge >= 0.3 is 12.4 Å². The first-order chi connectivity index (χ1) is 15.6. The van der Waals surface area contributed by atoms with E-state index in [1.807, 2.05) is 0 Å². The van der Waals surface area contributed by atoms with E-state index in [9.17, 15) is 26.3 Å². The lowest BCUT2D eigenvalue weighted by molar-refractivity contribution is -0.138. The van der Waals surface area contributed by atoms with Crippen LogP contribution in [-0.4, -0.2) is 27.0 Å². The molecule has 4 rings (SSSR count). The van der Waals surface area contributed by atoms with Crippen LogP contribution in [-0.2, 0) is 12.4 Å². The molecule has 0 aliphatic rings. The lowest BCUT2D eigenvalue weighted by Crippen LogP contribution is -2.08. The standard InChI is InChI=1S/C21H13F6N5O/c1-33-17-8-15(31-16-5-4-12(10-29-16)20(22,23)24)19-14(32-17)7-11(9-30-19)18-13(21(25,26)27)3-2-6-28-18/h2-10H,1H3,(H,29,31,32). The van der Waals surface area contributed by atoms with Crippen LogP contribution < -0.4 is 10.1 Å². The van der Waals surface area contributed by atoms with E-state index in [-0.39, 0.29) is 39.7 Å². The van der Waals surface area contributed by atoms with Crippen LogP contribution in [0.1, 0.15) is 11.1 Å². The number of hydrogen-bond donors (Lipinski definition) is 1. The van der Waals surface area contributed by atoms with Gasteiger partial charge in [0, 0.05) is 30.2 Å². The fraction of sp³-hybridized carbons (Fsp3) is 0.143. The largest absolute Gasteiger partial charge is 0.481 e. The first-order valence-electron chi connectivity index (χ1n) is 9.24. The molecule has 6 nitrogen and oxygen atoms in total. The van der Waals surface area contributed by atoms with Gasteiger partial charge in [-0.2, -0.15) is 26.3 Å². The summed E-state index contributed by atoms with van der Waals surface area (Å²) in [6.45, 7) is 0. The van der Waals surface area contributed by atoms with E-state index >= 15 is 0 Å². The molecule has 0 spiro atoms. The van der Waals surface area contributed by atoms with Crippen LogP contribution >= 0.6 is 0 Å². The van der Waals surface area contributed by atoms with Crippen LogP contribution in [0.3, 0.4) is 0 Å². The number of pyridine rings is 4. The number of hydrogen-bond acceptors (Lipinski definition) is 6. The molecule has 0 unspecified atom stereocenters. The van der Waals surface area contributed by atoms with Gasteiger partial charge in [-0.05, 0) is 30.3 Å². The number of methoxy groups -OCH3 is 1. The fourth-order valence-corrected chi connectivity index (χ4v) is 3.06. The molecule has 0 aliphatic carbocycles. The lowest BCUT2D eigenvalue weighted by Gasteiger charge is -2.14. The summed E-state index contributed by atoms with van der Waals surface area (Å²) in [6, 6.07) is 6.90. The van der Waals surface area contributed by atoms with E-state index in [1.165, 1.54) is 37.7 Å². The quantitative estimate of drug-likeness (QED) is 0.380. The van der Waals surface area contributed by atoms with E-state index < -0.39 is 23.5 Å².